The molecule has 0 aliphatic carbocycles. The van der Waals surface area contributed by atoms with Gasteiger partial charge in [-0.2, -0.15) is 0 Å². The van der Waals surface area contributed by atoms with E-state index in [1.807, 2.05) is 0 Å². The molecule has 0 saturated carbocycles. The van der Waals surface area contributed by atoms with E-state index in [1.165, 1.54) is 6.07 Å². The summed E-state index contributed by atoms with van der Waals surface area (Å²) >= 11 is 0. The molecule has 8 nitrogen and oxygen atoms in total. The van der Waals surface area contributed by atoms with E-state index < -0.39 is 4.92 Å². The van der Waals surface area contributed by atoms with Crippen molar-refractivity contribution in [2.24, 2.45) is 0 Å². The first-order valence-corrected chi connectivity index (χ1v) is 6.62. The number of hydrogen-bond acceptors (Lipinski definition) is 7. The first-order valence-electron chi connectivity index (χ1n) is 6.62. The van der Waals surface area contributed by atoms with Gasteiger partial charge in [-0.3, -0.25) is 15.0 Å². The summed E-state index contributed by atoms with van der Waals surface area (Å²) in [6.45, 7) is 5.97. The molecule has 0 bridgehead atoms. The van der Waals surface area contributed by atoms with Crippen LogP contribution in [0, 0.1) is 10.1 Å². The topological polar surface area (TPSA) is 101 Å². The second-order valence-electron chi connectivity index (χ2n) is 4.93. The molecule has 1 aliphatic heterocycles. The fraction of sp³-hybridized carbons (Fsp3) is 0.583. The lowest BCUT2D eigenvalue weighted by Crippen LogP contribution is -2.45. The predicted molar refractivity (Wildman–Crippen MR) is 77.7 cm³/mol. The molecule has 2 heterocycles. The van der Waals surface area contributed by atoms with Crippen LogP contribution < -0.4 is 11.1 Å². The summed E-state index contributed by atoms with van der Waals surface area (Å²) in [5, 5.41) is 13.8. The highest BCUT2D eigenvalue weighted by Gasteiger charge is 2.14. The number of aromatic nitrogens is 1. The van der Waals surface area contributed by atoms with Gasteiger partial charge in [-0.15, -0.1) is 0 Å². The Morgan fingerprint density at radius 1 is 1.40 bits per heavy atom. The molecule has 20 heavy (non-hydrogen) atoms. The van der Waals surface area contributed by atoms with Crippen LogP contribution in [0.25, 0.3) is 0 Å². The van der Waals surface area contributed by atoms with Crippen molar-refractivity contribution in [2.45, 2.75) is 0 Å². The molecule has 0 aromatic carbocycles. The van der Waals surface area contributed by atoms with Crippen molar-refractivity contribution < 1.29 is 4.92 Å². The predicted octanol–water partition coefficient (Wildman–Crippen LogP) is 0.231. The maximum absolute atomic E-state index is 10.6. The highest BCUT2D eigenvalue weighted by Crippen LogP contribution is 2.20. The molecule has 0 spiro atoms. The summed E-state index contributed by atoms with van der Waals surface area (Å²) in [5.74, 6) is 0.516. The number of pyridine rings is 1. The van der Waals surface area contributed by atoms with Crippen molar-refractivity contribution in [1.29, 1.82) is 0 Å². The third-order valence-electron chi connectivity index (χ3n) is 3.43. The van der Waals surface area contributed by atoms with E-state index in [4.69, 9.17) is 5.73 Å². The van der Waals surface area contributed by atoms with E-state index in [-0.39, 0.29) is 11.5 Å². The largest absolute Gasteiger partial charge is 0.378 e. The van der Waals surface area contributed by atoms with Crippen LogP contribution in [0.3, 0.4) is 0 Å². The zero-order chi connectivity index (χ0) is 14.5. The molecule has 0 amide bonds. The van der Waals surface area contributed by atoms with Gasteiger partial charge in [0.05, 0.1) is 4.92 Å². The van der Waals surface area contributed by atoms with Crippen LogP contribution in [0.5, 0.6) is 0 Å². The molecule has 0 radical (unpaired) electrons. The number of nitrogens with one attached hydrogen (secondary N) is 1. The first kappa shape index (κ1) is 14.5. The molecule has 1 aromatic rings. The van der Waals surface area contributed by atoms with Gasteiger partial charge in [0.1, 0.15) is 5.82 Å². The van der Waals surface area contributed by atoms with Crippen LogP contribution in [-0.2, 0) is 0 Å². The number of anilines is 2. The summed E-state index contributed by atoms with van der Waals surface area (Å²) in [4.78, 5) is 18.8. The summed E-state index contributed by atoms with van der Waals surface area (Å²) in [6, 6.07) is 2.96. The van der Waals surface area contributed by atoms with E-state index in [1.54, 1.807) is 6.07 Å². The second-order valence-corrected chi connectivity index (χ2v) is 4.93. The van der Waals surface area contributed by atoms with Gasteiger partial charge in [0.25, 0.3) is 0 Å². The third kappa shape index (κ3) is 3.78. The molecule has 1 aromatic heterocycles. The molecule has 2 rings (SSSR count). The lowest BCUT2D eigenvalue weighted by Gasteiger charge is -2.32. The number of rotatable bonds is 5. The first-order chi connectivity index (χ1) is 9.56. The van der Waals surface area contributed by atoms with E-state index in [9.17, 15) is 10.1 Å². The Morgan fingerprint density at radius 3 is 2.70 bits per heavy atom. The Kier molecular flexibility index (Phi) is 4.70. The quantitative estimate of drug-likeness (QED) is 0.588. The maximum Gasteiger partial charge on any atom is 0.311 e. The lowest BCUT2D eigenvalue weighted by molar-refractivity contribution is -0.384. The second kappa shape index (κ2) is 6.49. The minimum atomic E-state index is -0.531. The molecule has 0 unspecified atom stereocenters. The molecular weight excluding hydrogens is 260 g/mol. The van der Waals surface area contributed by atoms with Crippen LogP contribution in [0.1, 0.15) is 0 Å². The third-order valence-corrected chi connectivity index (χ3v) is 3.43. The normalized spacial score (nSPS) is 17.1. The molecule has 1 fully saturated rings. The average molecular weight is 280 g/mol. The maximum atomic E-state index is 10.6. The van der Waals surface area contributed by atoms with Crippen LogP contribution in [0.15, 0.2) is 12.1 Å². The van der Waals surface area contributed by atoms with Crippen LogP contribution >= 0.6 is 0 Å². The Labute approximate surface area is 117 Å². The Hall–Kier alpha value is -1.93. The van der Waals surface area contributed by atoms with Gasteiger partial charge in [0, 0.05) is 45.3 Å². The average Bonchev–Trinajstić information content (AvgIpc) is 2.41. The van der Waals surface area contributed by atoms with Gasteiger partial charge in [-0.05, 0) is 13.1 Å². The number of nitro groups is 1. The molecule has 1 saturated heterocycles. The number of nitrogens with zero attached hydrogens (tertiary/aromatic N) is 4. The van der Waals surface area contributed by atoms with Gasteiger partial charge >= 0.3 is 5.69 Å². The van der Waals surface area contributed by atoms with E-state index >= 15 is 0 Å². The van der Waals surface area contributed by atoms with Crippen molar-refractivity contribution in [3.63, 3.8) is 0 Å². The van der Waals surface area contributed by atoms with Crippen molar-refractivity contribution in [3.05, 3.63) is 22.2 Å². The van der Waals surface area contributed by atoms with Crippen LogP contribution in [0.2, 0.25) is 0 Å². The molecule has 3 N–H and O–H groups in total. The summed E-state index contributed by atoms with van der Waals surface area (Å²) in [5.41, 5.74) is 5.39. The zero-order valence-electron chi connectivity index (χ0n) is 11.6. The van der Waals surface area contributed by atoms with Crippen LogP contribution in [0.4, 0.5) is 17.3 Å². The van der Waals surface area contributed by atoms with Gasteiger partial charge < -0.3 is 16.0 Å². The zero-order valence-corrected chi connectivity index (χ0v) is 11.6. The molecule has 8 heteroatoms. The Morgan fingerprint density at radius 2 is 2.10 bits per heavy atom. The Balaban J connectivity index is 1.79. The number of hydrogen-bond donors (Lipinski definition) is 2. The molecule has 110 valence electrons. The Bertz CT molecular complexity index is 473. The van der Waals surface area contributed by atoms with Crippen LogP contribution in [-0.4, -0.2) is 66.0 Å². The highest BCUT2D eigenvalue weighted by atomic mass is 16.6. The number of nitrogen functional groups attached to an aromatic ring is 1. The minimum absolute atomic E-state index is 0.0559. The van der Waals surface area contributed by atoms with Crippen molar-refractivity contribution in [2.75, 3.05) is 57.4 Å². The van der Waals surface area contributed by atoms with Gasteiger partial charge in [-0.25, -0.2) is 4.98 Å². The van der Waals surface area contributed by atoms with E-state index in [0.29, 0.717) is 5.82 Å². The van der Waals surface area contributed by atoms with Gasteiger partial charge in [0.2, 0.25) is 5.82 Å². The molecule has 0 atom stereocenters. The monoisotopic (exact) mass is 280 g/mol. The van der Waals surface area contributed by atoms with Crippen molar-refractivity contribution >= 4 is 17.3 Å². The number of piperazine rings is 1. The summed E-state index contributed by atoms with van der Waals surface area (Å²) < 4.78 is 0. The van der Waals surface area contributed by atoms with E-state index in [0.717, 1.165) is 39.3 Å². The fourth-order valence-corrected chi connectivity index (χ4v) is 2.13. The number of nitrogens with two attached hydrogens (primary N) is 1. The minimum Gasteiger partial charge on any atom is -0.378 e. The standard InChI is InChI=1S/C12H20N6O2/c1-16-6-8-17(9-7-16)5-4-14-11-3-2-10(18(19)20)12(13)15-11/h2-3H,4-9H2,1H3,(H3,13,14,15). The molecule has 1 aliphatic rings. The van der Waals surface area contributed by atoms with Gasteiger partial charge in [0.15, 0.2) is 0 Å². The van der Waals surface area contributed by atoms with Crippen molar-refractivity contribution in [1.82, 2.24) is 14.8 Å². The smallest absolute Gasteiger partial charge is 0.311 e. The lowest BCUT2D eigenvalue weighted by atomic mass is 10.3. The van der Waals surface area contributed by atoms with Gasteiger partial charge in [-0.1, -0.05) is 0 Å². The highest BCUT2D eigenvalue weighted by molar-refractivity contribution is 5.57. The fourth-order valence-electron chi connectivity index (χ4n) is 2.13. The van der Waals surface area contributed by atoms with E-state index in [2.05, 4.69) is 27.1 Å². The summed E-state index contributed by atoms with van der Waals surface area (Å²) in [7, 11) is 2.12. The number of likely N-dealkylation sites (N-methyl/N-ethyl adjacent to an activating group) is 1. The molecular formula is C12H20N6O2. The summed E-state index contributed by atoms with van der Waals surface area (Å²) in [6.07, 6.45) is 0. The SMILES string of the molecule is CN1CCN(CCNc2ccc([N+](=O)[O-])c(N)n2)CC1. The van der Waals surface area contributed by atoms with Crippen molar-refractivity contribution in [3.8, 4) is 0 Å².